The highest BCUT2D eigenvalue weighted by Gasteiger charge is 2.29. The number of aryl methyl sites for hydroxylation is 1. The zero-order chi connectivity index (χ0) is 27.4. The van der Waals surface area contributed by atoms with Crippen LogP contribution in [-0.2, 0) is 16.0 Å². The Bertz CT molecular complexity index is 1520. The summed E-state index contributed by atoms with van der Waals surface area (Å²) >= 11 is 0. The Hall–Kier alpha value is -4.24. The number of aromatic nitrogens is 3. The van der Waals surface area contributed by atoms with Gasteiger partial charge in [-0.3, -0.25) is 29.6 Å². The van der Waals surface area contributed by atoms with Crippen LogP contribution in [0.25, 0.3) is 22.0 Å². The van der Waals surface area contributed by atoms with E-state index >= 15 is 0 Å². The van der Waals surface area contributed by atoms with E-state index in [1.54, 1.807) is 24.4 Å². The van der Waals surface area contributed by atoms with Gasteiger partial charge in [-0.15, -0.1) is 0 Å². The molecule has 1 aliphatic rings. The van der Waals surface area contributed by atoms with Crippen LogP contribution < -0.4 is 21.9 Å². The lowest BCUT2D eigenvalue weighted by Gasteiger charge is -2.28. The van der Waals surface area contributed by atoms with Gasteiger partial charge < -0.3 is 16.4 Å². The van der Waals surface area contributed by atoms with Gasteiger partial charge in [0, 0.05) is 30.4 Å². The van der Waals surface area contributed by atoms with Crippen molar-refractivity contribution >= 4 is 28.4 Å². The molecule has 5 rings (SSSR count). The molecule has 0 spiro atoms. The molecular formula is C30H34N6O3. The zero-order valence-corrected chi connectivity index (χ0v) is 22.0. The molecule has 2 aromatic carbocycles. The van der Waals surface area contributed by atoms with E-state index in [1.165, 1.54) is 0 Å². The number of H-pyrrole nitrogens is 2. The number of anilines is 1. The van der Waals surface area contributed by atoms with E-state index in [0.29, 0.717) is 35.5 Å². The number of rotatable bonds is 8. The van der Waals surface area contributed by atoms with Crippen molar-refractivity contribution in [1.29, 1.82) is 0 Å². The molecule has 9 nitrogen and oxygen atoms in total. The number of nitrogens with two attached hydrogens (primary N) is 1. The van der Waals surface area contributed by atoms with Crippen LogP contribution in [0.2, 0.25) is 0 Å². The van der Waals surface area contributed by atoms with Gasteiger partial charge in [-0.25, -0.2) is 0 Å². The van der Waals surface area contributed by atoms with E-state index in [-0.39, 0.29) is 23.3 Å². The fourth-order valence-corrected chi connectivity index (χ4v) is 5.36. The van der Waals surface area contributed by atoms with Crippen molar-refractivity contribution in [3.63, 3.8) is 0 Å². The first kappa shape index (κ1) is 26.4. The molecule has 1 aliphatic carbocycles. The number of benzene rings is 2. The molecule has 39 heavy (non-hydrogen) atoms. The van der Waals surface area contributed by atoms with Gasteiger partial charge in [0.25, 0.3) is 5.56 Å². The third kappa shape index (κ3) is 6.09. The Balaban J connectivity index is 1.34. The molecule has 2 aromatic heterocycles. The van der Waals surface area contributed by atoms with E-state index in [4.69, 9.17) is 5.73 Å². The molecule has 1 unspecified atom stereocenters. The Morgan fingerprint density at radius 1 is 1.05 bits per heavy atom. The number of pyridine rings is 1. The van der Waals surface area contributed by atoms with Crippen LogP contribution in [0.4, 0.5) is 5.69 Å². The number of hydrogen-bond donors (Lipinski definition) is 5. The maximum atomic E-state index is 13.5. The second kappa shape index (κ2) is 11.7. The summed E-state index contributed by atoms with van der Waals surface area (Å²) in [5.74, 6) is -0.0720. The van der Waals surface area contributed by atoms with Gasteiger partial charge in [0.15, 0.2) is 0 Å². The van der Waals surface area contributed by atoms with Crippen LogP contribution in [0.1, 0.15) is 36.8 Å². The molecule has 0 saturated heterocycles. The number of nitrogens with zero attached hydrogens (tertiary/aromatic N) is 1. The topological polar surface area (TPSA) is 146 Å². The lowest BCUT2D eigenvalue weighted by molar-refractivity contribution is -0.130. The van der Waals surface area contributed by atoms with E-state index < -0.39 is 6.04 Å². The first-order valence-corrected chi connectivity index (χ1v) is 13.4. The summed E-state index contributed by atoms with van der Waals surface area (Å²) in [5, 5.41) is 11.8. The van der Waals surface area contributed by atoms with Crippen LogP contribution >= 0.6 is 0 Å². The molecule has 6 N–H and O–H groups in total. The molecule has 9 heteroatoms. The fourth-order valence-electron chi connectivity index (χ4n) is 5.36. The SMILES string of the molecule is Cc1cnccc1-c1ccc(CC(NC(=O)C2CCC(CN)CC2)C(=O)Nc2ccc3c(=O)[nH][nH]c3c2)cc1. The maximum absolute atomic E-state index is 13.5. The lowest BCUT2D eigenvalue weighted by Crippen LogP contribution is -2.48. The van der Waals surface area contributed by atoms with Gasteiger partial charge in [0.2, 0.25) is 11.8 Å². The summed E-state index contributed by atoms with van der Waals surface area (Å²) < 4.78 is 0. The molecule has 2 heterocycles. The van der Waals surface area contributed by atoms with E-state index in [9.17, 15) is 14.4 Å². The highest BCUT2D eigenvalue weighted by molar-refractivity contribution is 5.99. The monoisotopic (exact) mass is 526 g/mol. The Morgan fingerprint density at radius 3 is 2.54 bits per heavy atom. The van der Waals surface area contributed by atoms with Crippen molar-refractivity contribution in [2.45, 2.75) is 45.1 Å². The van der Waals surface area contributed by atoms with Crippen LogP contribution in [0, 0.1) is 18.8 Å². The molecule has 0 aliphatic heterocycles. The smallest absolute Gasteiger partial charge is 0.271 e. The summed E-state index contributed by atoms with van der Waals surface area (Å²) in [5.41, 5.74) is 10.9. The lowest BCUT2D eigenvalue weighted by atomic mass is 9.81. The van der Waals surface area contributed by atoms with Crippen LogP contribution in [0.3, 0.4) is 0 Å². The van der Waals surface area contributed by atoms with Gasteiger partial charge >= 0.3 is 0 Å². The molecule has 0 bridgehead atoms. The summed E-state index contributed by atoms with van der Waals surface area (Å²) in [6.07, 6.45) is 7.36. The highest BCUT2D eigenvalue weighted by atomic mass is 16.2. The summed E-state index contributed by atoms with van der Waals surface area (Å²) in [6, 6.07) is 14.3. The first-order valence-electron chi connectivity index (χ1n) is 13.4. The van der Waals surface area contributed by atoms with Crippen LogP contribution in [-0.4, -0.2) is 39.6 Å². The molecule has 1 saturated carbocycles. The third-order valence-corrected chi connectivity index (χ3v) is 7.75. The summed E-state index contributed by atoms with van der Waals surface area (Å²) in [6.45, 7) is 2.67. The second-order valence-electron chi connectivity index (χ2n) is 10.4. The largest absolute Gasteiger partial charge is 0.344 e. The van der Waals surface area contributed by atoms with Crippen molar-refractivity contribution in [2.24, 2.45) is 17.6 Å². The number of amides is 2. The molecule has 202 valence electrons. The Morgan fingerprint density at radius 2 is 1.82 bits per heavy atom. The quantitative estimate of drug-likeness (QED) is 0.238. The standard InChI is InChI=1S/C30H34N6O3/c1-18-17-32-13-12-24(18)21-6-2-19(3-7-21)14-27(34-28(37)22-8-4-20(16-31)5-9-22)30(39)33-23-10-11-25-26(15-23)35-36-29(25)38/h2-3,6-7,10-13,15,17,20,22,27H,4-5,8-9,14,16,31H2,1H3,(H,33,39)(H,34,37)(H2,35,36,38). The van der Waals surface area contributed by atoms with Crippen molar-refractivity contribution in [2.75, 3.05) is 11.9 Å². The van der Waals surface area contributed by atoms with Gasteiger partial charge in [-0.2, -0.15) is 0 Å². The number of nitrogens with one attached hydrogen (secondary N) is 4. The summed E-state index contributed by atoms with van der Waals surface area (Å²) in [4.78, 5) is 42.7. The molecular weight excluding hydrogens is 492 g/mol. The number of hydrogen-bond acceptors (Lipinski definition) is 5. The normalized spacial score (nSPS) is 18.0. The third-order valence-electron chi connectivity index (χ3n) is 7.75. The zero-order valence-electron chi connectivity index (χ0n) is 22.0. The van der Waals surface area contributed by atoms with Crippen molar-refractivity contribution in [1.82, 2.24) is 20.5 Å². The average molecular weight is 527 g/mol. The number of fused-ring (bicyclic) bond motifs is 1. The van der Waals surface area contributed by atoms with E-state index in [0.717, 1.165) is 47.9 Å². The molecule has 2 amide bonds. The number of carbonyl (C=O) groups excluding carboxylic acids is 2. The highest BCUT2D eigenvalue weighted by Crippen LogP contribution is 2.28. The van der Waals surface area contributed by atoms with E-state index in [2.05, 4.69) is 25.8 Å². The fraction of sp³-hybridized carbons (Fsp3) is 0.333. The maximum Gasteiger partial charge on any atom is 0.271 e. The van der Waals surface area contributed by atoms with Gasteiger partial charge in [-0.1, -0.05) is 24.3 Å². The minimum atomic E-state index is -0.765. The predicted molar refractivity (Wildman–Crippen MR) is 152 cm³/mol. The molecule has 0 radical (unpaired) electrons. The number of aromatic amines is 2. The molecule has 1 fully saturated rings. The van der Waals surface area contributed by atoms with Gasteiger partial charge in [-0.05, 0) is 91.6 Å². The average Bonchev–Trinajstić information content (AvgIpc) is 3.33. The van der Waals surface area contributed by atoms with Crippen LogP contribution in [0.15, 0.2) is 65.7 Å². The minimum Gasteiger partial charge on any atom is -0.344 e. The second-order valence-corrected chi connectivity index (χ2v) is 10.4. The number of carbonyl (C=O) groups is 2. The Labute approximate surface area is 226 Å². The minimum absolute atomic E-state index is 0.0972. The molecule has 4 aromatic rings. The van der Waals surface area contributed by atoms with Crippen molar-refractivity contribution in [3.8, 4) is 11.1 Å². The molecule has 1 atom stereocenters. The van der Waals surface area contributed by atoms with Crippen molar-refractivity contribution in [3.05, 3.63) is 82.4 Å². The van der Waals surface area contributed by atoms with Crippen LogP contribution in [0.5, 0.6) is 0 Å². The van der Waals surface area contributed by atoms with Gasteiger partial charge in [0.05, 0.1) is 10.9 Å². The first-order chi connectivity index (χ1) is 18.9. The summed E-state index contributed by atoms with van der Waals surface area (Å²) in [7, 11) is 0. The predicted octanol–water partition coefficient (Wildman–Crippen LogP) is 3.66. The van der Waals surface area contributed by atoms with Gasteiger partial charge in [0.1, 0.15) is 6.04 Å². The van der Waals surface area contributed by atoms with Crippen molar-refractivity contribution < 1.29 is 9.59 Å². The Kier molecular flexibility index (Phi) is 7.88. The van der Waals surface area contributed by atoms with E-state index in [1.807, 2.05) is 43.5 Å².